The third kappa shape index (κ3) is 5.16. The van der Waals surface area contributed by atoms with Gasteiger partial charge in [0, 0.05) is 47.6 Å². The van der Waals surface area contributed by atoms with Crippen molar-refractivity contribution in [3.63, 3.8) is 0 Å². The van der Waals surface area contributed by atoms with E-state index in [1.807, 2.05) is 67.6 Å². The van der Waals surface area contributed by atoms with Crippen molar-refractivity contribution < 1.29 is 14.3 Å². The zero-order valence-electron chi connectivity index (χ0n) is 20.8. The van der Waals surface area contributed by atoms with Crippen molar-refractivity contribution in [1.82, 2.24) is 10.3 Å². The number of amides is 1. The average Bonchev–Trinajstić information content (AvgIpc) is 3.29. The predicted molar refractivity (Wildman–Crippen MR) is 147 cm³/mol. The molecule has 0 radical (unpaired) electrons. The largest absolute Gasteiger partial charge is 0.462 e. The first-order valence-electron chi connectivity index (χ1n) is 12.7. The SMILES string of the molecule is Cc1sc(-c2ccccc2)nc1CC(=O)Nc1cccc(-c2ccc3c(c2)COC2(CCNCC2)O3)c1. The van der Waals surface area contributed by atoms with E-state index in [9.17, 15) is 4.79 Å². The number of carbonyl (C=O) groups excluding carboxylic acids is 1. The number of benzene rings is 3. The molecule has 2 aliphatic rings. The Morgan fingerprint density at radius 1 is 1.00 bits per heavy atom. The molecule has 3 heterocycles. The standard InChI is InChI=1S/C30H29N3O3S/c1-20-26(33-29(37-20)21-6-3-2-4-7-21)18-28(34)32-25-9-5-8-22(17-25)23-10-11-27-24(16-23)19-35-30(36-27)12-14-31-15-13-30/h2-11,16-17,31H,12-15,18-19H2,1H3,(H,32,34). The van der Waals surface area contributed by atoms with Crippen LogP contribution in [-0.4, -0.2) is 29.8 Å². The molecule has 188 valence electrons. The summed E-state index contributed by atoms with van der Waals surface area (Å²) in [5.41, 5.74) is 5.78. The first-order chi connectivity index (χ1) is 18.1. The number of carbonyl (C=O) groups is 1. The molecule has 7 heteroatoms. The van der Waals surface area contributed by atoms with E-state index < -0.39 is 5.79 Å². The molecule has 0 atom stereocenters. The molecular formula is C30H29N3O3S. The number of aryl methyl sites for hydroxylation is 1. The molecule has 1 fully saturated rings. The highest BCUT2D eigenvalue weighted by molar-refractivity contribution is 7.15. The molecular weight excluding hydrogens is 482 g/mol. The molecule has 6 nitrogen and oxygen atoms in total. The first-order valence-corrected chi connectivity index (χ1v) is 13.5. The number of hydrogen-bond donors (Lipinski definition) is 2. The molecule has 6 rings (SSSR count). The van der Waals surface area contributed by atoms with E-state index in [2.05, 4.69) is 22.8 Å². The van der Waals surface area contributed by atoms with E-state index in [0.717, 1.165) is 75.2 Å². The van der Waals surface area contributed by atoms with Crippen molar-refractivity contribution in [2.75, 3.05) is 18.4 Å². The number of nitrogens with one attached hydrogen (secondary N) is 2. The van der Waals surface area contributed by atoms with Crippen LogP contribution in [0, 0.1) is 6.92 Å². The number of anilines is 1. The van der Waals surface area contributed by atoms with Gasteiger partial charge in [0.05, 0.1) is 18.7 Å². The van der Waals surface area contributed by atoms with E-state index >= 15 is 0 Å². The number of aromatic nitrogens is 1. The van der Waals surface area contributed by atoms with Crippen molar-refractivity contribution in [2.45, 2.75) is 38.6 Å². The van der Waals surface area contributed by atoms with Gasteiger partial charge in [0.15, 0.2) is 0 Å². The van der Waals surface area contributed by atoms with Crippen LogP contribution in [0.4, 0.5) is 5.69 Å². The Labute approximate surface area is 220 Å². The van der Waals surface area contributed by atoms with Gasteiger partial charge in [0.2, 0.25) is 11.7 Å². The number of rotatable bonds is 5. The fourth-order valence-electron chi connectivity index (χ4n) is 4.89. The minimum absolute atomic E-state index is 0.0790. The molecule has 0 aliphatic carbocycles. The Hall–Kier alpha value is -3.52. The maximum Gasteiger partial charge on any atom is 0.230 e. The maximum atomic E-state index is 12.9. The second kappa shape index (κ2) is 10.1. The van der Waals surface area contributed by atoms with Crippen molar-refractivity contribution in [1.29, 1.82) is 0 Å². The lowest BCUT2D eigenvalue weighted by Crippen LogP contribution is -2.49. The van der Waals surface area contributed by atoms with Crippen LogP contribution in [0.3, 0.4) is 0 Å². The Morgan fingerprint density at radius 3 is 2.62 bits per heavy atom. The highest BCUT2D eigenvalue weighted by Gasteiger charge is 2.38. The smallest absolute Gasteiger partial charge is 0.230 e. The van der Waals surface area contributed by atoms with Gasteiger partial charge in [-0.15, -0.1) is 11.3 Å². The van der Waals surface area contributed by atoms with E-state index in [0.29, 0.717) is 6.61 Å². The third-order valence-corrected chi connectivity index (χ3v) is 8.00. The Balaban J connectivity index is 1.14. The van der Waals surface area contributed by atoms with Crippen molar-refractivity contribution >= 4 is 22.9 Å². The van der Waals surface area contributed by atoms with E-state index in [4.69, 9.17) is 14.5 Å². The maximum absolute atomic E-state index is 12.9. The topological polar surface area (TPSA) is 72.5 Å². The monoisotopic (exact) mass is 511 g/mol. The number of fused-ring (bicyclic) bond motifs is 1. The summed E-state index contributed by atoms with van der Waals surface area (Å²) >= 11 is 1.62. The van der Waals surface area contributed by atoms with Crippen LogP contribution in [0.2, 0.25) is 0 Å². The predicted octanol–water partition coefficient (Wildman–Crippen LogP) is 5.96. The molecule has 0 unspecified atom stereocenters. The lowest BCUT2D eigenvalue weighted by molar-refractivity contribution is -0.218. The summed E-state index contributed by atoms with van der Waals surface area (Å²) in [5.74, 6) is 0.320. The van der Waals surface area contributed by atoms with Gasteiger partial charge >= 0.3 is 0 Å². The third-order valence-electron chi connectivity index (χ3n) is 6.93. The van der Waals surface area contributed by atoms with E-state index in [-0.39, 0.29) is 12.3 Å². The Morgan fingerprint density at radius 2 is 1.78 bits per heavy atom. The van der Waals surface area contributed by atoms with Gasteiger partial charge in [0.1, 0.15) is 10.8 Å². The van der Waals surface area contributed by atoms with Gasteiger partial charge in [-0.1, -0.05) is 48.5 Å². The zero-order chi connectivity index (χ0) is 25.2. The molecule has 2 aliphatic heterocycles. The summed E-state index contributed by atoms with van der Waals surface area (Å²) in [5, 5.41) is 7.35. The van der Waals surface area contributed by atoms with Crippen LogP contribution in [0.1, 0.15) is 29.0 Å². The molecule has 1 aromatic heterocycles. The first kappa shape index (κ1) is 23.9. The number of piperidine rings is 1. The van der Waals surface area contributed by atoms with Crippen molar-refractivity contribution in [2.24, 2.45) is 0 Å². The van der Waals surface area contributed by atoms with Gasteiger partial charge < -0.3 is 20.1 Å². The van der Waals surface area contributed by atoms with Crippen LogP contribution in [-0.2, 0) is 22.6 Å². The molecule has 2 N–H and O–H groups in total. The van der Waals surface area contributed by atoms with Gasteiger partial charge in [-0.05, 0) is 42.3 Å². The molecule has 4 aromatic rings. The Kier molecular flexibility index (Phi) is 6.50. The molecule has 0 saturated carbocycles. The molecule has 1 spiro atoms. The molecule has 37 heavy (non-hydrogen) atoms. The fourth-order valence-corrected chi connectivity index (χ4v) is 5.83. The minimum Gasteiger partial charge on any atom is -0.462 e. The minimum atomic E-state index is -0.499. The van der Waals surface area contributed by atoms with Crippen LogP contribution in [0.25, 0.3) is 21.7 Å². The molecule has 1 saturated heterocycles. The highest BCUT2D eigenvalue weighted by atomic mass is 32.1. The van der Waals surface area contributed by atoms with Gasteiger partial charge in [-0.3, -0.25) is 4.79 Å². The van der Waals surface area contributed by atoms with Gasteiger partial charge in [-0.25, -0.2) is 4.98 Å². The lowest BCUT2D eigenvalue weighted by Gasteiger charge is -2.41. The average molecular weight is 512 g/mol. The summed E-state index contributed by atoms with van der Waals surface area (Å²) in [6.07, 6.45) is 1.94. The quantitative estimate of drug-likeness (QED) is 0.346. The Bertz CT molecular complexity index is 1430. The lowest BCUT2D eigenvalue weighted by atomic mass is 9.99. The molecule has 1 amide bonds. The number of thiazole rings is 1. The van der Waals surface area contributed by atoms with Crippen LogP contribution >= 0.6 is 11.3 Å². The van der Waals surface area contributed by atoms with E-state index in [1.165, 1.54) is 0 Å². The van der Waals surface area contributed by atoms with Crippen LogP contribution in [0.5, 0.6) is 5.75 Å². The van der Waals surface area contributed by atoms with Crippen LogP contribution < -0.4 is 15.4 Å². The summed E-state index contributed by atoms with van der Waals surface area (Å²) in [6.45, 7) is 4.37. The molecule has 0 bridgehead atoms. The van der Waals surface area contributed by atoms with Crippen molar-refractivity contribution in [3.8, 4) is 27.4 Å². The van der Waals surface area contributed by atoms with Gasteiger partial charge in [-0.2, -0.15) is 0 Å². The van der Waals surface area contributed by atoms with Crippen molar-refractivity contribution in [3.05, 3.63) is 88.9 Å². The normalized spacial score (nSPS) is 16.1. The summed E-state index contributed by atoms with van der Waals surface area (Å²) in [4.78, 5) is 18.7. The fraction of sp³-hybridized carbons (Fsp3) is 0.267. The summed E-state index contributed by atoms with van der Waals surface area (Å²) in [7, 11) is 0. The molecule has 3 aromatic carbocycles. The highest BCUT2D eigenvalue weighted by Crippen LogP contribution is 2.38. The van der Waals surface area contributed by atoms with Gasteiger partial charge in [0.25, 0.3) is 0 Å². The second-order valence-corrected chi connectivity index (χ2v) is 10.8. The zero-order valence-corrected chi connectivity index (χ0v) is 21.6. The summed E-state index contributed by atoms with van der Waals surface area (Å²) in [6, 6.07) is 24.2. The number of ether oxygens (including phenoxy) is 2. The number of nitrogens with zero attached hydrogens (tertiary/aromatic N) is 1. The van der Waals surface area contributed by atoms with Crippen LogP contribution in [0.15, 0.2) is 72.8 Å². The summed E-state index contributed by atoms with van der Waals surface area (Å²) < 4.78 is 12.5. The second-order valence-electron chi connectivity index (χ2n) is 9.57. The number of hydrogen-bond acceptors (Lipinski definition) is 6. The van der Waals surface area contributed by atoms with E-state index in [1.54, 1.807) is 11.3 Å².